The van der Waals surface area contributed by atoms with Crippen LogP contribution >= 0.6 is 0 Å². The van der Waals surface area contributed by atoms with Crippen molar-refractivity contribution in [1.82, 2.24) is 4.98 Å². The van der Waals surface area contributed by atoms with E-state index in [0.717, 1.165) is 56.6 Å². The first-order valence-corrected chi connectivity index (χ1v) is 13.3. The molecule has 39 heavy (non-hydrogen) atoms. The number of hydrogen-bond acceptors (Lipinski definition) is 4. The number of benzene rings is 3. The average molecular weight is 524 g/mol. The van der Waals surface area contributed by atoms with Crippen molar-refractivity contribution >= 4 is 5.97 Å². The van der Waals surface area contributed by atoms with Crippen LogP contribution in [-0.4, -0.2) is 22.7 Å². The van der Waals surface area contributed by atoms with E-state index in [1.165, 1.54) is 0 Å². The van der Waals surface area contributed by atoms with Crippen LogP contribution in [0.4, 0.5) is 4.39 Å². The molecule has 1 aromatic heterocycles. The third-order valence-corrected chi connectivity index (χ3v) is 7.86. The smallest absolute Gasteiger partial charge is 0.304 e. The van der Waals surface area contributed by atoms with Crippen LogP contribution in [0.15, 0.2) is 60.8 Å². The van der Waals surface area contributed by atoms with Crippen molar-refractivity contribution in [1.29, 1.82) is 0 Å². The van der Waals surface area contributed by atoms with Gasteiger partial charge in [-0.05, 0) is 97.3 Å². The van der Waals surface area contributed by atoms with Gasteiger partial charge in [-0.2, -0.15) is 0 Å². The molecule has 2 heterocycles. The molecule has 5 nitrogen and oxygen atoms in total. The molecule has 0 saturated carbocycles. The van der Waals surface area contributed by atoms with Crippen LogP contribution in [0.5, 0.6) is 11.5 Å². The van der Waals surface area contributed by atoms with Crippen LogP contribution in [0.2, 0.25) is 0 Å². The monoisotopic (exact) mass is 523 g/mol. The zero-order valence-electron chi connectivity index (χ0n) is 22.3. The summed E-state index contributed by atoms with van der Waals surface area (Å²) in [6.07, 6.45) is 2.88. The number of nitrogens with zero attached hydrogens (tertiary/aromatic N) is 1. The summed E-state index contributed by atoms with van der Waals surface area (Å²) in [6, 6.07) is 17.3. The second-order valence-corrected chi connectivity index (χ2v) is 10.6. The summed E-state index contributed by atoms with van der Waals surface area (Å²) < 4.78 is 27.3. The maximum absolute atomic E-state index is 15.3. The molecular formula is C33H30FNO4. The number of pyridine rings is 1. The first kappa shape index (κ1) is 25.1. The van der Waals surface area contributed by atoms with Gasteiger partial charge in [-0.3, -0.25) is 9.78 Å². The lowest BCUT2D eigenvalue weighted by molar-refractivity contribution is -0.137. The Labute approximate surface area is 227 Å². The molecule has 0 amide bonds. The summed E-state index contributed by atoms with van der Waals surface area (Å²) in [5.41, 5.74) is 10.0. The lowest BCUT2D eigenvalue weighted by atomic mass is 9.88. The Bertz CT molecular complexity index is 1570. The van der Waals surface area contributed by atoms with Gasteiger partial charge in [0, 0.05) is 34.9 Å². The summed E-state index contributed by atoms with van der Waals surface area (Å²) in [5.74, 6) is -0.0442. The Morgan fingerprint density at radius 1 is 1.08 bits per heavy atom. The maximum Gasteiger partial charge on any atom is 0.304 e. The van der Waals surface area contributed by atoms with E-state index in [2.05, 4.69) is 37.0 Å². The van der Waals surface area contributed by atoms with Crippen molar-refractivity contribution in [3.63, 3.8) is 0 Å². The van der Waals surface area contributed by atoms with Gasteiger partial charge in [-0.15, -0.1) is 0 Å². The molecule has 0 spiro atoms. The van der Waals surface area contributed by atoms with Crippen LogP contribution in [0.1, 0.15) is 58.2 Å². The van der Waals surface area contributed by atoms with Crippen molar-refractivity contribution < 1.29 is 23.8 Å². The first-order valence-electron chi connectivity index (χ1n) is 13.3. The highest BCUT2D eigenvalue weighted by atomic mass is 19.1. The number of aliphatic carboxylic acids is 1. The first-order chi connectivity index (χ1) is 18.8. The summed E-state index contributed by atoms with van der Waals surface area (Å²) in [6.45, 7) is 6.56. The number of carboxylic acids is 1. The number of hydrogen-bond donors (Lipinski definition) is 1. The Balaban J connectivity index is 1.31. The molecule has 6 heteroatoms. The molecule has 2 atom stereocenters. The Morgan fingerprint density at radius 3 is 2.59 bits per heavy atom. The van der Waals surface area contributed by atoms with E-state index < -0.39 is 12.1 Å². The molecule has 0 saturated heterocycles. The molecule has 1 N–H and O–H groups in total. The number of halogens is 1. The summed E-state index contributed by atoms with van der Waals surface area (Å²) in [7, 11) is 0. The van der Waals surface area contributed by atoms with Crippen LogP contribution in [0.25, 0.3) is 22.4 Å². The number of carboxylic acid groups (broad SMARTS) is 1. The van der Waals surface area contributed by atoms with Crippen molar-refractivity contribution in [3.8, 4) is 33.9 Å². The summed E-state index contributed by atoms with van der Waals surface area (Å²) >= 11 is 0. The molecule has 0 fully saturated rings. The van der Waals surface area contributed by atoms with E-state index in [4.69, 9.17) is 14.6 Å². The van der Waals surface area contributed by atoms with Gasteiger partial charge in [0.25, 0.3) is 0 Å². The van der Waals surface area contributed by atoms with Crippen molar-refractivity contribution in [3.05, 3.63) is 100.0 Å². The Morgan fingerprint density at radius 2 is 1.87 bits per heavy atom. The molecule has 0 radical (unpaired) electrons. The maximum atomic E-state index is 15.3. The quantitative estimate of drug-likeness (QED) is 0.283. The van der Waals surface area contributed by atoms with Crippen LogP contribution in [0, 0.1) is 26.6 Å². The number of aryl methyl sites for hydroxylation is 3. The fourth-order valence-corrected chi connectivity index (χ4v) is 6.07. The minimum absolute atomic E-state index is 0.0263. The molecule has 2 aliphatic rings. The Hall–Kier alpha value is -4.19. The minimum Gasteiger partial charge on any atom is -0.492 e. The minimum atomic E-state index is -0.849. The second kappa shape index (κ2) is 9.84. The van der Waals surface area contributed by atoms with Gasteiger partial charge in [0.1, 0.15) is 23.4 Å². The van der Waals surface area contributed by atoms with E-state index in [1.54, 1.807) is 12.1 Å². The number of rotatable bonds is 6. The number of fused-ring (bicyclic) bond motifs is 2. The molecular weight excluding hydrogens is 493 g/mol. The Kier molecular flexibility index (Phi) is 6.34. The molecule has 4 aromatic rings. The second-order valence-electron chi connectivity index (χ2n) is 10.6. The number of carbonyl (C=O) groups is 1. The molecule has 0 unspecified atom stereocenters. The average Bonchev–Trinajstić information content (AvgIpc) is 3.50. The van der Waals surface area contributed by atoms with Crippen LogP contribution in [0.3, 0.4) is 0 Å². The highest BCUT2D eigenvalue weighted by Crippen LogP contribution is 2.45. The topological polar surface area (TPSA) is 68.7 Å². The fraction of sp³-hybridized carbons (Fsp3) is 0.273. The van der Waals surface area contributed by atoms with Gasteiger partial charge >= 0.3 is 5.97 Å². The van der Waals surface area contributed by atoms with E-state index in [1.807, 2.05) is 37.4 Å². The lowest BCUT2D eigenvalue weighted by Crippen LogP contribution is -2.07. The van der Waals surface area contributed by atoms with Gasteiger partial charge in [0.2, 0.25) is 0 Å². The van der Waals surface area contributed by atoms with E-state index in [-0.39, 0.29) is 18.2 Å². The van der Waals surface area contributed by atoms with Gasteiger partial charge in [0.05, 0.1) is 18.7 Å². The van der Waals surface area contributed by atoms with Gasteiger partial charge < -0.3 is 14.6 Å². The zero-order valence-corrected chi connectivity index (χ0v) is 22.3. The van der Waals surface area contributed by atoms with Crippen LogP contribution < -0.4 is 9.47 Å². The summed E-state index contributed by atoms with van der Waals surface area (Å²) in [4.78, 5) is 15.7. The molecule has 0 bridgehead atoms. The van der Waals surface area contributed by atoms with Gasteiger partial charge in [-0.1, -0.05) is 18.2 Å². The molecule has 198 valence electrons. The standard InChI is InChI=1S/C33H30FNO4/c1-18-4-10-28(35-16-18)21-12-19(2)32(20(3)13-21)25-7-9-27(34)33-26(25)8-11-29(33)39-23-5-6-24-22(14-31(36)37)17-38-30(24)15-23/h4-7,9-10,12-13,15-16,22,29H,8,11,14,17H2,1-3H3,(H,36,37)/t22-,29-/m1/s1. The third-order valence-electron chi connectivity index (χ3n) is 7.86. The fourth-order valence-electron chi connectivity index (χ4n) is 6.07. The largest absolute Gasteiger partial charge is 0.492 e. The lowest BCUT2D eigenvalue weighted by Gasteiger charge is -2.19. The predicted molar refractivity (Wildman–Crippen MR) is 148 cm³/mol. The number of aromatic nitrogens is 1. The SMILES string of the molecule is Cc1ccc(-c2cc(C)c(-c3ccc(F)c4c3CC[C@H]4Oc3ccc4c(c3)OC[C@H]4CC(=O)O)c(C)c2)nc1. The van der Waals surface area contributed by atoms with E-state index >= 15 is 4.39 Å². The van der Waals surface area contributed by atoms with Crippen molar-refractivity contribution in [2.24, 2.45) is 0 Å². The van der Waals surface area contributed by atoms with E-state index in [0.29, 0.717) is 30.1 Å². The van der Waals surface area contributed by atoms with Crippen molar-refractivity contribution in [2.75, 3.05) is 6.61 Å². The van der Waals surface area contributed by atoms with Gasteiger partial charge in [0.15, 0.2) is 0 Å². The predicted octanol–water partition coefficient (Wildman–Crippen LogP) is 7.50. The molecule has 1 aliphatic heterocycles. The third kappa shape index (κ3) is 4.65. The zero-order chi connectivity index (χ0) is 27.3. The normalized spacial score (nSPS) is 17.4. The highest BCUT2D eigenvalue weighted by molar-refractivity contribution is 5.79. The highest BCUT2D eigenvalue weighted by Gasteiger charge is 2.32. The molecule has 6 rings (SSSR count). The summed E-state index contributed by atoms with van der Waals surface area (Å²) in [5, 5.41) is 9.16. The van der Waals surface area contributed by atoms with E-state index in [9.17, 15) is 4.79 Å². The van der Waals surface area contributed by atoms with Crippen LogP contribution in [-0.2, 0) is 11.2 Å². The molecule has 3 aromatic carbocycles. The van der Waals surface area contributed by atoms with Crippen molar-refractivity contribution in [2.45, 2.75) is 52.1 Å². The number of ether oxygens (including phenoxy) is 2. The van der Waals surface area contributed by atoms with Gasteiger partial charge in [-0.25, -0.2) is 4.39 Å². The molecule has 1 aliphatic carbocycles.